The molecule has 0 saturated heterocycles. The molecule has 10 heteroatoms. The van der Waals surface area contributed by atoms with Crippen LogP contribution < -0.4 is 24.4 Å². The van der Waals surface area contributed by atoms with Crippen LogP contribution in [0.3, 0.4) is 0 Å². The fourth-order valence-electron chi connectivity index (χ4n) is 3.77. The minimum Gasteiger partial charge on any atom is -0.507 e. The Bertz CT molecular complexity index is 1490. The van der Waals surface area contributed by atoms with Gasteiger partial charge in [0.2, 0.25) is 0 Å². The number of fused-ring (bicyclic) bond motifs is 1. The number of aromatic hydroxyl groups is 1. The highest BCUT2D eigenvalue weighted by molar-refractivity contribution is 9.10. The van der Waals surface area contributed by atoms with Gasteiger partial charge in [-0.2, -0.15) is 0 Å². The molecule has 0 saturated carbocycles. The highest BCUT2D eigenvalue weighted by Gasteiger charge is 2.31. The molecule has 2 aromatic carbocycles. The molecule has 0 bridgehead atoms. The van der Waals surface area contributed by atoms with Crippen molar-refractivity contribution in [1.29, 1.82) is 0 Å². The maximum atomic E-state index is 13.6. The van der Waals surface area contributed by atoms with Crippen LogP contribution in [-0.2, 0) is 9.53 Å². The summed E-state index contributed by atoms with van der Waals surface area (Å²) in [6.07, 6.45) is 3.03. The van der Waals surface area contributed by atoms with Crippen molar-refractivity contribution in [3.05, 3.63) is 83.5 Å². The zero-order valence-electron chi connectivity index (χ0n) is 19.3. The van der Waals surface area contributed by atoms with E-state index in [-0.39, 0.29) is 16.9 Å². The molecule has 35 heavy (non-hydrogen) atoms. The highest BCUT2D eigenvalue weighted by atomic mass is 79.9. The van der Waals surface area contributed by atoms with Crippen molar-refractivity contribution in [3.8, 4) is 17.2 Å². The van der Waals surface area contributed by atoms with Gasteiger partial charge < -0.3 is 19.3 Å². The molecule has 0 fully saturated rings. The van der Waals surface area contributed by atoms with Crippen molar-refractivity contribution in [2.45, 2.75) is 19.9 Å². The van der Waals surface area contributed by atoms with Crippen LogP contribution in [0.1, 0.15) is 31.0 Å². The minimum absolute atomic E-state index is 0.0405. The predicted octanol–water partition coefficient (Wildman–Crippen LogP) is 3.28. The topological polar surface area (TPSA) is 99.4 Å². The summed E-state index contributed by atoms with van der Waals surface area (Å²) in [5, 5.41) is 10.2. The lowest BCUT2D eigenvalue weighted by Crippen LogP contribution is -2.39. The summed E-state index contributed by atoms with van der Waals surface area (Å²) in [5.74, 6) is 0.525. The molecule has 3 aromatic rings. The Balaban J connectivity index is 1.93. The average Bonchev–Trinajstić information content (AvgIpc) is 3.17. The number of phenolic OH excluding ortho intramolecular Hbond substituents is 1. The molecule has 2 heterocycles. The molecule has 1 aromatic heterocycles. The lowest BCUT2D eigenvalue weighted by Gasteiger charge is -2.23. The van der Waals surface area contributed by atoms with Gasteiger partial charge in [0, 0.05) is 16.2 Å². The molecule has 8 nitrogen and oxygen atoms in total. The van der Waals surface area contributed by atoms with Gasteiger partial charge in [0.25, 0.3) is 5.56 Å². The third-order valence-electron chi connectivity index (χ3n) is 5.28. The number of carbonyl (C=O) groups is 1. The number of phenols is 1. The number of benzene rings is 2. The summed E-state index contributed by atoms with van der Waals surface area (Å²) in [7, 11) is 1.28. The van der Waals surface area contributed by atoms with Crippen molar-refractivity contribution in [1.82, 2.24) is 4.57 Å². The zero-order valence-corrected chi connectivity index (χ0v) is 21.7. The number of thiazole rings is 1. The van der Waals surface area contributed by atoms with E-state index >= 15 is 0 Å². The van der Waals surface area contributed by atoms with Crippen molar-refractivity contribution in [2.24, 2.45) is 4.99 Å². The second-order valence-electron chi connectivity index (χ2n) is 7.45. The Kier molecular flexibility index (Phi) is 7.42. The van der Waals surface area contributed by atoms with Crippen molar-refractivity contribution < 1.29 is 24.1 Å². The third-order valence-corrected chi connectivity index (χ3v) is 6.77. The minimum atomic E-state index is -0.785. The lowest BCUT2D eigenvalue weighted by atomic mass is 9.97. The number of methoxy groups -OCH3 is 1. The maximum Gasteiger partial charge on any atom is 0.337 e. The number of aromatic nitrogens is 1. The molecule has 0 aliphatic carbocycles. The fraction of sp³-hybridized carbons (Fsp3) is 0.240. The van der Waals surface area contributed by atoms with Crippen LogP contribution in [-0.4, -0.2) is 36.0 Å². The Hall–Kier alpha value is -3.37. The number of ether oxygens (including phenoxy) is 3. The molecule has 182 valence electrons. The van der Waals surface area contributed by atoms with Crippen molar-refractivity contribution in [2.75, 3.05) is 20.3 Å². The number of nitrogens with zero attached hydrogens (tertiary/aromatic N) is 2. The monoisotopic (exact) mass is 558 g/mol. The van der Waals surface area contributed by atoms with Crippen LogP contribution in [0.4, 0.5) is 0 Å². The van der Waals surface area contributed by atoms with Gasteiger partial charge in [0.05, 0.1) is 36.5 Å². The van der Waals surface area contributed by atoms with Crippen LogP contribution in [0.2, 0.25) is 0 Å². The van der Waals surface area contributed by atoms with Crippen LogP contribution in [0.25, 0.3) is 6.08 Å². The normalized spacial score (nSPS) is 15.1. The molecule has 0 amide bonds. The third kappa shape index (κ3) is 4.89. The number of hydrogen-bond acceptors (Lipinski definition) is 8. The number of hydrogen-bond donors (Lipinski definition) is 1. The van der Waals surface area contributed by atoms with E-state index in [1.54, 1.807) is 42.5 Å². The number of esters is 1. The van der Waals surface area contributed by atoms with Crippen LogP contribution in [0.15, 0.2) is 62.4 Å². The lowest BCUT2D eigenvalue weighted by molar-refractivity contribution is -0.136. The second-order valence-corrected chi connectivity index (χ2v) is 9.38. The molecule has 1 N–H and O–H groups in total. The Morgan fingerprint density at radius 1 is 1.17 bits per heavy atom. The molecule has 1 atom stereocenters. The molecule has 0 radical (unpaired) electrons. The summed E-state index contributed by atoms with van der Waals surface area (Å²) < 4.78 is 19.0. The largest absolute Gasteiger partial charge is 0.507 e. The van der Waals surface area contributed by atoms with Gasteiger partial charge in [0.15, 0.2) is 16.3 Å². The van der Waals surface area contributed by atoms with Gasteiger partial charge in [0.1, 0.15) is 5.75 Å². The quantitative estimate of drug-likeness (QED) is 0.447. The Labute approximate surface area is 213 Å². The summed E-state index contributed by atoms with van der Waals surface area (Å²) >= 11 is 4.55. The van der Waals surface area contributed by atoms with E-state index in [0.717, 1.165) is 4.47 Å². The molecule has 4 rings (SSSR count). The van der Waals surface area contributed by atoms with E-state index in [1.165, 1.54) is 29.2 Å². The average molecular weight is 559 g/mol. The van der Waals surface area contributed by atoms with Gasteiger partial charge in [-0.15, -0.1) is 0 Å². The van der Waals surface area contributed by atoms with E-state index in [0.29, 0.717) is 45.2 Å². The summed E-state index contributed by atoms with van der Waals surface area (Å²) in [6.45, 7) is 4.62. The first-order chi connectivity index (χ1) is 16.9. The highest BCUT2D eigenvalue weighted by Crippen LogP contribution is 2.35. The number of halogens is 1. The molecule has 0 unspecified atom stereocenters. The predicted molar refractivity (Wildman–Crippen MR) is 136 cm³/mol. The molecule has 0 spiro atoms. The number of carbonyl (C=O) groups excluding carboxylic acids is 1. The van der Waals surface area contributed by atoms with Crippen LogP contribution in [0, 0.1) is 0 Å². The first-order valence-corrected chi connectivity index (χ1v) is 12.5. The molecular weight excluding hydrogens is 536 g/mol. The van der Waals surface area contributed by atoms with Crippen LogP contribution >= 0.6 is 27.3 Å². The van der Waals surface area contributed by atoms with E-state index < -0.39 is 12.0 Å². The summed E-state index contributed by atoms with van der Waals surface area (Å²) in [5.41, 5.74) is 0.984. The second kappa shape index (κ2) is 10.5. The number of rotatable bonds is 7. The first kappa shape index (κ1) is 24.7. The maximum absolute atomic E-state index is 13.6. The van der Waals surface area contributed by atoms with E-state index in [2.05, 4.69) is 20.9 Å². The van der Waals surface area contributed by atoms with Gasteiger partial charge in [-0.3, -0.25) is 9.36 Å². The summed E-state index contributed by atoms with van der Waals surface area (Å²) in [6, 6.07) is 9.49. The van der Waals surface area contributed by atoms with Crippen LogP contribution in [0.5, 0.6) is 17.2 Å². The van der Waals surface area contributed by atoms with Crippen molar-refractivity contribution >= 4 is 39.3 Å². The first-order valence-electron chi connectivity index (χ1n) is 10.8. The molecular formula is C25H23BrN2O6S. The smallest absolute Gasteiger partial charge is 0.337 e. The summed E-state index contributed by atoms with van der Waals surface area (Å²) in [4.78, 5) is 31.0. The molecule has 1 aliphatic rings. The van der Waals surface area contributed by atoms with E-state index in [9.17, 15) is 14.7 Å². The molecule has 1 aliphatic heterocycles. The van der Waals surface area contributed by atoms with Gasteiger partial charge in [-0.05, 0) is 55.8 Å². The van der Waals surface area contributed by atoms with Gasteiger partial charge in [-0.1, -0.05) is 33.3 Å². The van der Waals surface area contributed by atoms with E-state index in [1.807, 2.05) is 13.8 Å². The standard InChI is InChI=1S/C25H23BrN2O6S/c1-4-33-19-9-6-14(11-20(19)34-5-2)22-17(24(31)32-3)13-27-25-28(22)23(30)21(35-25)12-15-10-16(26)7-8-18(15)29/h6-13,22,29H,4-5H2,1-3H3/b21-12+/t22-/m0/s1. The SMILES string of the molecule is CCOc1ccc([C@H]2C(C(=O)OC)=CN=c3s/c(=C/c4cc(Br)ccc4O)c(=O)n32)cc1OCC. The van der Waals surface area contributed by atoms with Gasteiger partial charge in [-0.25, -0.2) is 9.79 Å². The van der Waals surface area contributed by atoms with Crippen molar-refractivity contribution in [3.63, 3.8) is 0 Å². The van der Waals surface area contributed by atoms with Gasteiger partial charge >= 0.3 is 5.97 Å². The fourth-order valence-corrected chi connectivity index (χ4v) is 5.11. The Morgan fingerprint density at radius 2 is 1.91 bits per heavy atom. The van der Waals surface area contributed by atoms with E-state index in [4.69, 9.17) is 14.2 Å². The zero-order chi connectivity index (χ0) is 25.1. The Morgan fingerprint density at radius 3 is 2.63 bits per heavy atom.